The van der Waals surface area contributed by atoms with Crippen molar-refractivity contribution in [3.05, 3.63) is 60.2 Å². The Labute approximate surface area is 172 Å². The molecule has 29 heavy (non-hydrogen) atoms. The lowest BCUT2D eigenvalue weighted by atomic mass is 10.2. The summed E-state index contributed by atoms with van der Waals surface area (Å²) in [6.07, 6.45) is 0. The number of nitrogens with one attached hydrogen (secondary N) is 1. The van der Waals surface area contributed by atoms with Crippen LogP contribution in [0.3, 0.4) is 0 Å². The van der Waals surface area contributed by atoms with Crippen molar-refractivity contribution in [1.29, 1.82) is 0 Å². The van der Waals surface area contributed by atoms with Gasteiger partial charge in [0.2, 0.25) is 15.9 Å². The van der Waals surface area contributed by atoms with Crippen LogP contribution in [0.5, 0.6) is 5.75 Å². The second-order valence-corrected chi connectivity index (χ2v) is 8.93. The third-order valence-corrected chi connectivity index (χ3v) is 7.12. The predicted molar refractivity (Wildman–Crippen MR) is 111 cm³/mol. The van der Waals surface area contributed by atoms with Crippen molar-refractivity contribution in [3.63, 3.8) is 0 Å². The first-order chi connectivity index (χ1) is 13.9. The van der Waals surface area contributed by atoms with Crippen molar-refractivity contribution in [2.24, 2.45) is 0 Å². The Kier molecular flexibility index (Phi) is 6.89. The SMILES string of the molecule is COc1ccc(S(=O)(=O)N2CCN(C(C)C(=O)NCc3ccccc3)CC2)cc1. The van der Waals surface area contributed by atoms with E-state index in [0.717, 1.165) is 5.56 Å². The molecule has 0 bridgehead atoms. The van der Waals surface area contributed by atoms with Gasteiger partial charge in [0.05, 0.1) is 18.0 Å². The Morgan fingerprint density at radius 2 is 1.66 bits per heavy atom. The van der Waals surface area contributed by atoms with Gasteiger partial charge in [-0.05, 0) is 36.8 Å². The average Bonchev–Trinajstić information content (AvgIpc) is 2.77. The number of amides is 1. The molecule has 2 aromatic carbocycles. The highest BCUT2D eigenvalue weighted by molar-refractivity contribution is 7.89. The monoisotopic (exact) mass is 417 g/mol. The fourth-order valence-corrected chi connectivity index (χ4v) is 4.75. The van der Waals surface area contributed by atoms with Crippen LogP contribution in [-0.2, 0) is 21.4 Å². The van der Waals surface area contributed by atoms with Crippen LogP contribution in [0.15, 0.2) is 59.5 Å². The molecule has 1 unspecified atom stereocenters. The Balaban J connectivity index is 1.54. The third kappa shape index (κ3) is 5.14. The normalized spacial score (nSPS) is 16.9. The number of hydrogen-bond acceptors (Lipinski definition) is 5. The number of nitrogens with zero attached hydrogens (tertiary/aromatic N) is 2. The number of hydrogen-bond donors (Lipinski definition) is 1. The first-order valence-electron chi connectivity index (χ1n) is 9.61. The summed E-state index contributed by atoms with van der Waals surface area (Å²) in [4.78, 5) is 14.7. The summed E-state index contributed by atoms with van der Waals surface area (Å²) in [7, 11) is -2.01. The Bertz CT molecular complexity index is 909. The van der Waals surface area contributed by atoms with Gasteiger partial charge in [0.1, 0.15) is 5.75 Å². The van der Waals surface area contributed by atoms with Crippen LogP contribution in [0, 0.1) is 0 Å². The zero-order valence-corrected chi connectivity index (χ0v) is 17.6. The highest BCUT2D eigenvalue weighted by Gasteiger charge is 2.31. The molecule has 0 spiro atoms. The molecule has 1 aliphatic rings. The minimum atomic E-state index is -3.55. The second kappa shape index (κ2) is 9.39. The van der Waals surface area contributed by atoms with E-state index in [9.17, 15) is 13.2 Å². The summed E-state index contributed by atoms with van der Waals surface area (Å²) in [5, 5.41) is 2.95. The number of piperazine rings is 1. The number of carbonyl (C=O) groups excluding carboxylic acids is 1. The van der Waals surface area contributed by atoms with E-state index in [1.807, 2.05) is 42.2 Å². The minimum Gasteiger partial charge on any atom is -0.497 e. The van der Waals surface area contributed by atoms with Crippen molar-refractivity contribution in [3.8, 4) is 5.75 Å². The molecule has 7 nitrogen and oxygen atoms in total. The van der Waals surface area contributed by atoms with Gasteiger partial charge in [-0.1, -0.05) is 30.3 Å². The fraction of sp³-hybridized carbons (Fsp3) is 0.381. The highest BCUT2D eigenvalue weighted by Crippen LogP contribution is 2.21. The molecule has 2 aromatic rings. The molecule has 0 radical (unpaired) electrons. The fourth-order valence-electron chi connectivity index (χ4n) is 3.33. The standard InChI is InChI=1S/C21H27N3O4S/c1-17(21(25)22-16-18-6-4-3-5-7-18)23-12-14-24(15-13-23)29(26,27)20-10-8-19(28-2)9-11-20/h3-11,17H,12-16H2,1-2H3,(H,22,25). The van der Waals surface area contributed by atoms with E-state index in [-0.39, 0.29) is 16.8 Å². The van der Waals surface area contributed by atoms with Gasteiger partial charge in [0.25, 0.3) is 0 Å². The van der Waals surface area contributed by atoms with Crippen LogP contribution in [-0.4, -0.2) is 62.9 Å². The van der Waals surface area contributed by atoms with E-state index in [4.69, 9.17) is 4.74 Å². The molecule has 1 heterocycles. The third-order valence-electron chi connectivity index (χ3n) is 5.21. The largest absolute Gasteiger partial charge is 0.497 e. The maximum Gasteiger partial charge on any atom is 0.243 e. The first kappa shape index (κ1) is 21.3. The molecule has 8 heteroatoms. The lowest BCUT2D eigenvalue weighted by Gasteiger charge is -2.36. The predicted octanol–water partition coefficient (Wildman–Crippen LogP) is 1.71. The van der Waals surface area contributed by atoms with Crippen molar-refractivity contribution in [2.75, 3.05) is 33.3 Å². The molecule has 1 aliphatic heterocycles. The maximum atomic E-state index is 12.8. The van der Waals surface area contributed by atoms with Crippen molar-refractivity contribution in [1.82, 2.24) is 14.5 Å². The van der Waals surface area contributed by atoms with Gasteiger partial charge in [-0.15, -0.1) is 0 Å². The van der Waals surface area contributed by atoms with Gasteiger partial charge < -0.3 is 10.1 Å². The lowest BCUT2D eigenvalue weighted by Crippen LogP contribution is -2.54. The van der Waals surface area contributed by atoms with Crippen LogP contribution in [0.1, 0.15) is 12.5 Å². The number of methoxy groups -OCH3 is 1. The molecule has 1 saturated heterocycles. The van der Waals surface area contributed by atoms with Crippen LogP contribution >= 0.6 is 0 Å². The Morgan fingerprint density at radius 1 is 1.03 bits per heavy atom. The average molecular weight is 418 g/mol. The maximum absolute atomic E-state index is 12.8. The zero-order chi connectivity index (χ0) is 20.9. The van der Waals surface area contributed by atoms with Crippen molar-refractivity contribution < 1.29 is 17.9 Å². The summed E-state index contributed by atoms with van der Waals surface area (Å²) in [5.74, 6) is 0.560. The van der Waals surface area contributed by atoms with Gasteiger partial charge >= 0.3 is 0 Å². The van der Waals surface area contributed by atoms with E-state index < -0.39 is 10.0 Å². The van der Waals surface area contributed by atoms with Crippen LogP contribution in [0.4, 0.5) is 0 Å². The van der Waals surface area contributed by atoms with Gasteiger partial charge in [-0.25, -0.2) is 8.42 Å². The molecule has 0 saturated carbocycles. The molecule has 1 amide bonds. The van der Waals surface area contributed by atoms with Crippen molar-refractivity contribution >= 4 is 15.9 Å². The lowest BCUT2D eigenvalue weighted by molar-refractivity contribution is -0.126. The Hall–Kier alpha value is -2.42. The molecule has 3 rings (SSSR count). The van der Waals surface area contributed by atoms with Gasteiger partial charge in [-0.3, -0.25) is 9.69 Å². The number of benzene rings is 2. The highest BCUT2D eigenvalue weighted by atomic mass is 32.2. The van der Waals surface area contributed by atoms with E-state index in [1.54, 1.807) is 31.4 Å². The van der Waals surface area contributed by atoms with E-state index in [2.05, 4.69) is 5.32 Å². The van der Waals surface area contributed by atoms with Crippen LogP contribution < -0.4 is 10.1 Å². The zero-order valence-electron chi connectivity index (χ0n) is 16.7. The van der Waals surface area contributed by atoms with E-state index >= 15 is 0 Å². The summed E-state index contributed by atoms with van der Waals surface area (Å²) < 4.78 is 32.2. The number of rotatable bonds is 7. The number of sulfonamides is 1. The van der Waals surface area contributed by atoms with Crippen molar-refractivity contribution in [2.45, 2.75) is 24.4 Å². The summed E-state index contributed by atoms with van der Waals surface area (Å²) in [5.41, 5.74) is 1.04. The molecule has 156 valence electrons. The molecular formula is C21H27N3O4S. The number of carbonyl (C=O) groups is 1. The smallest absolute Gasteiger partial charge is 0.243 e. The topological polar surface area (TPSA) is 79.0 Å². The molecule has 0 aliphatic carbocycles. The second-order valence-electron chi connectivity index (χ2n) is 6.99. The van der Waals surface area contributed by atoms with Gasteiger partial charge in [-0.2, -0.15) is 4.31 Å². The quantitative estimate of drug-likeness (QED) is 0.742. The van der Waals surface area contributed by atoms with E-state index in [1.165, 1.54) is 4.31 Å². The molecule has 1 atom stereocenters. The summed E-state index contributed by atoms with van der Waals surface area (Å²) in [6, 6.07) is 15.8. The molecular weight excluding hydrogens is 390 g/mol. The van der Waals surface area contributed by atoms with Gasteiger partial charge in [0, 0.05) is 32.7 Å². The summed E-state index contributed by atoms with van der Waals surface area (Å²) >= 11 is 0. The molecule has 0 aromatic heterocycles. The molecule has 1 N–H and O–H groups in total. The van der Waals surface area contributed by atoms with Crippen LogP contribution in [0.2, 0.25) is 0 Å². The first-order valence-corrected chi connectivity index (χ1v) is 11.1. The van der Waals surface area contributed by atoms with E-state index in [0.29, 0.717) is 38.5 Å². The Morgan fingerprint density at radius 3 is 2.24 bits per heavy atom. The van der Waals surface area contributed by atoms with Gasteiger partial charge in [0.15, 0.2) is 0 Å². The number of ether oxygens (including phenoxy) is 1. The van der Waals surface area contributed by atoms with Crippen LogP contribution in [0.25, 0.3) is 0 Å². The minimum absolute atomic E-state index is 0.0553. The molecule has 1 fully saturated rings. The summed E-state index contributed by atoms with van der Waals surface area (Å²) in [6.45, 7) is 4.06.